The molecule has 8 heteroatoms. The Labute approximate surface area is 190 Å². The molecule has 4 rings (SSSR count). The molecule has 0 saturated heterocycles. The molecule has 0 fully saturated rings. The third kappa shape index (κ3) is 4.70. The van der Waals surface area contributed by atoms with Crippen LogP contribution in [-0.2, 0) is 18.4 Å². The molecule has 0 aliphatic rings. The van der Waals surface area contributed by atoms with E-state index in [1.165, 1.54) is 0 Å². The Bertz CT molecular complexity index is 1300. The summed E-state index contributed by atoms with van der Waals surface area (Å²) in [6.07, 6.45) is 5.31. The molecule has 2 aromatic heterocycles. The molecule has 0 radical (unpaired) electrons. The summed E-state index contributed by atoms with van der Waals surface area (Å²) < 4.78 is 3.63. The van der Waals surface area contributed by atoms with E-state index >= 15 is 0 Å². The van der Waals surface area contributed by atoms with Gasteiger partial charge < -0.3 is 9.88 Å². The minimum absolute atomic E-state index is 0.0371. The highest BCUT2D eigenvalue weighted by Gasteiger charge is 2.20. The average Bonchev–Trinajstić information content (AvgIpc) is 3.15. The molecule has 0 spiro atoms. The van der Waals surface area contributed by atoms with E-state index in [0.717, 1.165) is 29.0 Å². The number of amides is 1. The molecule has 0 unspecified atom stereocenters. The summed E-state index contributed by atoms with van der Waals surface area (Å²) in [5, 5.41) is 3.76. The van der Waals surface area contributed by atoms with Crippen LogP contribution in [0.3, 0.4) is 0 Å². The van der Waals surface area contributed by atoms with Gasteiger partial charge in [-0.25, -0.2) is 9.97 Å². The molecular weight excluding hydrogens is 422 g/mol. The Morgan fingerprint density at radius 1 is 1.12 bits per heavy atom. The molecular formula is C24H27N5O2S. The predicted molar refractivity (Wildman–Crippen MR) is 130 cm³/mol. The highest BCUT2D eigenvalue weighted by atomic mass is 32.2. The van der Waals surface area contributed by atoms with Gasteiger partial charge in [0.2, 0.25) is 5.91 Å². The zero-order valence-corrected chi connectivity index (χ0v) is 19.1. The van der Waals surface area contributed by atoms with Crippen molar-refractivity contribution in [3.05, 3.63) is 71.0 Å². The van der Waals surface area contributed by atoms with Crippen molar-refractivity contribution in [1.29, 1.82) is 0 Å². The van der Waals surface area contributed by atoms with Crippen molar-refractivity contribution in [2.75, 3.05) is 12.0 Å². The maximum atomic E-state index is 12.7. The Kier molecular flexibility index (Phi) is 6.90. The lowest BCUT2D eigenvalue weighted by Crippen LogP contribution is -2.31. The van der Waals surface area contributed by atoms with E-state index in [-0.39, 0.29) is 17.5 Å². The first-order valence-corrected chi connectivity index (χ1v) is 12.1. The molecule has 166 valence electrons. The van der Waals surface area contributed by atoms with E-state index < -0.39 is 0 Å². The van der Waals surface area contributed by atoms with E-state index in [9.17, 15) is 9.59 Å². The highest BCUT2D eigenvalue weighted by Crippen LogP contribution is 2.23. The van der Waals surface area contributed by atoms with Crippen LogP contribution in [0.15, 0.2) is 59.7 Å². The summed E-state index contributed by atoms with van der Waals surface area (Å²) in [5.41, 5.74) is 2.59. The second-order valence-corrected chi connectivity index (χ2v) is 8.77. The van der Waals surface area contributed by atoms with Crippen LogP contribution in [0.2, 0.25) is 0 Å². The first-order valence-electron chi connectivity index (χ1n) is 10.7. The number of nitrogens with one attached hydrogen (secondary N) is 1. The first-order chi connectivity index (χ1) is 15.6. The molecule has 0 aliphatic carbocycles. The lowest BCUT2D eigenvalue weighted by atomic mass is 10.2. The van der Waals surface area contributed by atoms with E-state index in [2.05, 4.69) is 21.1 Å². The number of imidazole rings is 1. The van der Waals surface area contributed by atoms with Crippen molar-refractivity contribution in [2.45, 2.75) is 31.8 Å². The summed E-state index contributed by atoms with van der Waals surface area (Å²) in [4.78, 5) is 34.5. The third-order valence-electron chi connectivity index (χ3n) is 5.61. The van der Waals surface area contributed by atoms with Gasteiger partial charge >= 0.3 is 0 Å². The van der Waals surface area contributed by atoms with E-state index in [1.54, 1.807) is 28.7 Å². The number of aromatic nitrogens is 4. The van der Waals surface area contributed by atoms with E-state index in [0.29, 0.717) is 30.3 Å². The molecule has 0 bridgehead atoms. The first kappa shape index (κ1) is 22.1. The fourth-order valence-electron chi connectivity index (χ4n) is 3.92. The number of hydrogen-bond donors (Lipinski definition) is 1. The van der Waals surface area contributed by atoms with E-state index in [1.807, 2.05) is 49.5 Å². The Morgan fingerprint density at radius 2 is 1.88 bits per heavy atom. The quantitative estimate of drug-likeness (QED) is 0.422. The second-order valence-electron chi connectivity index (χ2n) is 7.78. The van der Waals surface area contributed by atoms with Crippen molar-refractivity contribution < 1.29 is 4.79 Å². The molecule has 4 aromatic rings. The van der Waals surface area contributed by atoms with Gasteiger partial charge in [0.1, 0.15) is 5.82 Å². The van der Waals surface area contributed by atoms with Crippen molar-refractivity contribution in [2.24, 2.45) is 7.05 Å². The lowest BCUT2D eigenvalue weighted by Gasteiger charge is -2.18. The minimum Gasteiger partial charge on any atom is -0.346 e. The van der Waals surface area contributed by atoms with Gasteiger partial charge in [-0.05, 0) is 49.1 Å². The number of aryl methyl sites for hydroxylation is 2. The predicted octanol–water partition coefficient (Wildman–Crippen LogP) is 3.67. The monoisotopic (exact) mass is 449 g/mol. The number of benzene rings is 2. The lowest BCUT2D eigenvalue weighted by molar-refractivity contribution is -0.122. The van der Waals surface area contributed by atoms with Crippen molar-refractivity contribution >= 4 is 39.6 Å². The van der Waals surface area contributed by atoms with Gasteiger partial charge in [-0.2, -0.15) is 11.8 Å². The molecule has 7 nitrogen and oxygen atoms in total. The number of rotatable bonds is 9. The molecule has 0 aliphatic heterocycles. The van der Waals surface area contributed by atoms with Crippen LogP contribution in [0.1, 0.15) is 31.1 Å². The van der Waals surface area contributed by atoms with Crippen LogP contribution in [0.5, 0.6) is 0 Å². The molecule has 1 atom stereocenters. The fraction of sp³-hybridized carbons (Fsp3) is 0.333. The van der Waals surface area contributed by atoms with Gasteiger partial charge in [0, 0.05) is 20.0 Å². The molecule has 0 saturated carbocycles. The summed E-state index contributed by atoms with van der Waals surface area (Å²) in [5.74, 6) is 1.75. The minimum atomic E-state index is -0.155. The standard InChI is InChI=1S/C24H27N5O2S/c1-28-21-11-6-5-10-19(21)27-23(28)20(13-15-32-2)26-22(30)12-7-14-29-16-25-18-9-4-3-8-17(18)24(29)31/h3-6,8-11,16,20H,7,12-15H2,1-2H3,(H,26,30)/t20-/m1/s1. The Balaban J connectivity index is 1.42. The Morgan fingerprint density at radius 3 is 2.66 bits per heavy atom. The number of nitrogens with zero attached hydrogens (tertiary/aromatic N) is 4. The van der Waals surface area contributed by atoms with Crippen LogP contribution in [0.4, 0.5) is 0 Å². The van der Waals surface area contributed by atoms with Gasteiger partial charge in [-0.1, -0.05) is 24.3 Å². The topological polar surface area (TPSA) is 81.8 Å². The van der Waals surface area contributed by atoms with Crippen LogP contribution in [-0.4, -0.2) is 37.0 Å². The molecule has 1 N–H and O–H groups in total. The zero-order valence-electron chi connectivity index (χ0n) is 18.3. The van der Waals surface area contributed by atoms with Crippen LogP contribution in [0.25, 0.3) is 21.9 Å². The average molecular weight is 450 g/mol. The third-order valence-corrected chi connectivity index (χ3v) is 6.26. The second kappa shape index (κ2) is 9.99. The fourth-order valence-corrected chi connectivity index (χ4v) is 4.39. The molecule has 2 aromatic carbocycles. The number of hydrogen-bond acceptors (Lipinski definition) is 5. The summed E-state index contributed by atoms with van der Waals surface area (Å²) in [6.45, 7) is 0.450. The summed E-state index contributed by atoms with van der Waals surface area (Å²) in [7, 11) is 1.99. The number of carbonyl (C=O) groups excluding carboxylic acids is 1. The smallest absolute Gasteiger partial charge is 0.261 e. The zero-order chi connectivity index (χ0) is 22.5. The van der Waals surface area contributed by atoms with Gasteiger partial charge in [0.25, 0.3) is 5.56 Å². The van der Waals surface area contributed by atoms with Gasteiger partial charge in [0.15, 0.2) is 0 Å². The van der Waals surface area contributed by atoms with Crippen molar-refractivity contribution in [3.8, 4) is 0 Å². The summed E-state index contributed by atoms with van der Waals surface area (Å²) >= 11 is 1.75. The maximum Gasteiger partial charge on any atom is 0.261 e. The molecule has 32 heavy (non-hydrogen) atoms. The Hall–Kier alpha value is -3.13. The van der Waals surface area contributed by atoms with Crippen LogP contribution >= 0.6 is 11.8 Å². The van der Waals surface area contributed by atoms with Gasteiger partial charge in [-0.3, -0.25) is 14.2 Å². The normalized spacial score (nSPS) is 12.3. The number of fused-ring (bicyclic) bond motifs is 2. The van der Waals surface area contributed by atoms with Crippen molar-refractivity contribution in [3.63, 3.8) is 0 Å². The molecule has 2 heterocycles. The van der Waals surface area contributed by atoms with E-state index in [4.69, 9.17) is 4.98 Å². The van der Waals surface area contributed by atoms with Crippen molar-refractivity contribution in [1.82, 2.24) is 24.4 Å². The number of thioether (sulfide) groups is 1. The molecule has 1 amide bonds. The summed E-state index contributed by atoms with van der Waals surface area (Å²) in [6, 6.07) is 15.1. The van der Waals surface area contributed by atoms with Gasteiger partial charge in [-0.15, -0.1) is 0 Å². The highest BCUT2D eigenvalue weighted by molar-refractivity contribution is 7.98. The van der Waals surface area contributed by atoms with Crippen LogP contribution in [0, 0.1) is 0 Å². The maximum absolute atomic E-state index is 12.7. The SMILES string of the molecule is CSCC[C@@H](NC(=O)CCCn1cnc2ccccc2c1=O)c1nc2ccccc2n1C. The van der Waals surface area contributed by atoms with Crippen LogP contribution < -0.4 is 10.9 Å². The largest absolute Gasteiger partial charge is 0.346 e. The number of carbonyl (C=O) groups is 1. The number of para-hydroxylation sites is 3. The van der Waals surface area contributed by atoms with Gasteiger partial charge in [0.05, 0.1) is 34.3 Å².